The highest BCUT2D eigenvalue weighted by Crippen LogP contribution is 2.28. The van der Waals surface area contributed by atoms with Gasteiger partial charge in [-0.1, -0.05) is 24.3 Å². The maximum absolute atomic E-state index is 9.25. The van der Waals surface area contributed by atoms with Crippen LogP contribution in [0.5, 0.6) is 0 Å². The van der Waals surface area contributed by atoms with Crippen LogP contribution in [0.15, 0.2) is 36.5 Å². The molecule has 3 heteroatoms. The molecule has 2 aromatic rings. The molecule has 1 aromatic heterocycles. The average Bonchev–Trinajstić information content (AvgIpc) is 2.55. The van der Waals surface area contributed by atoms with Crippen LogP contribution in [0.3, 0.4) is 0 Å². The maximum atomic E-state index is 9.25. The lowest BCUT2D eigenvalue weighted by atomic mass is 9.86. The maximum Gasteiger partial charge on any atom is 0.0746 e. The number of fused-ring (bicyclic) bond motifs is 1. The number of nitrogens with zero attached hydrogens (tertiary/aromatic N) is 2. The van der Waals surface area contributed by atoms with E-state index in [0.717, 1.165) is 24.9 Å². The van der Waals surface area contributed by atoms with Crippen molar-refractivity contribution < 1.29 is 5.11 Å². The molecule has 0 atom stereocenters. The second-order valence-electron chi connectivity index (χ2n) is 6.26. The Labute approximate surface area is 126 Å². The number of hydrogen-bond donors (Lipinski definition) is 1. The third-order valence-electron chi connectivity index (χ3n) is 4.83. The number of aromatic nitrogens is 1. The summed E-state index contributed by atoms with van der Waals surface area (Å²) in [6.45, 7) is 1.30. The summed E-state index contributed by atoms with van der Waals surface area (Å²) >= 11 is 0. The van der Waals surface area contributed by atoms with E-state index in [1.54, 1.807) is 0 Å². The van der Waals surface area contributed by atoms with E-state index in [1.807, 2.05) is 12.3 Å². The van der Waals surface area contributed by atoms with Gasteiger partial charge >= 0.3 is 0 Å². The van der Waals surface area contributed by atoms with Gasteiger partial charge in [0.05, 0.1) is 5.52 Å². The molecule has 1 aliphatic carbocycles. The minimum absolute atomic E-state index is 0.351. The minimum Gasteiger partial charge on any atom is -0.396 e. The van der Waals surface area contributed by atoms with Gasteiger partial charge in [0.15, 0.2) is 0 Å². The lowest BCUT2D eigenvalue weighted by Gasteiger charge is -2.34. The van der Waals surface area contributed by atoms with E-state index in [1.165, 1.54) is 23.8 Å². The molecule has 0 unspecified atom stereocenters. The Morgan fingerprint density at radius 1 is 1.14 bits per heavy atom. The summed E-state index contributed by atoms with van der Waals surface area (Å²) in [6, 6.07) is 11.2. The molecule has 0 amide bonds. The van der Waals surface area contributed by atoms with Crippen LogP contribution in [0, 0.1) is 5.92 Å². The molecule has 0 saturated heterocycles. The highest BCUT2D eigenvalue weighted by atomic mass is 16.3. The van der Waals surface area contributed by atoms with Crippen LogP contribution in [0.4, 0.5) is 0 Å². The number of benzene rings is 1. The van der Waals surface area contributed by atoms with Crippen molar-refractivity contribution >= 4 is 10.9 Å². The Morgan fingerprint density at radius 3 is 2.67 bits per heavy atom. The number of para-hydroxylation sites is 1. The number of hydrogen-bond acceptors (Lipinski definition) is 3. The van der Waals surface area contributed by atoms with E-state index in [0.29, 0.717) is 18.6 Å². The van der Waals surface area contributed by atoms with Crippen molar-refractivity contribution in [2.45, 2.75) is 38.3 Å². The van der Waals surface area contributed by atoms with E-state index in [9.17, 15) is 5.11 Å². The molecule has 3 rings (SSSR count). The molecule has 0 aliphatic heterocycles. The Balaban J connectivity index is 1.70. The fourth-order valence-corrected chi connectivity index (χ4v) is 3.46. The molecule has 1 fully saturated rings. The average molecular weight is 284 g/mol. The van der Waals surface area contributed by atoms with E-state index in [-0.39, 0.29) is 0 Å². The predicted octanol–water partition coefficient (Wildman–Crippen LogP) is 3.22. The highest BCUT2D eigenvalue weighted by Gasteiger charge is 2.23. The van der Waals surface area contributed by atoms with Gasteiger partial charge in [-0.25, -0.2) is 0 Å². The summed E-state index contributed by atoms with van der Waals surface area (Å²) in [6.07, 6.45) is 6.57. The van der Waals surface area contributed by atoms with Gasteiger partial charge in [0.25, 0.3) is 0 Å². The highest BCUT2D eigenvalue weighted by molar-refractivity contribution is 5.81. The Kier molecular flexibility index (Phi) is 4.51. The molecule has 3 nitrogen and oxygen atoms in total. The molecule has 112 valence electrons. The quantitative estimate of drug-likeness (QED) is 0.936. The van der Waals surface area contributed by atoms with Crippen molar-refractivity contribution in [3.63, 3.8) is 0 Å². The largest absolute Gasteiger partial charge is 0.396 e. The fraction of sp³-hybridized carbons (Fsp3) is 0.500. The zero-order chi connectivity index (χ0) is 14.7. The van der Waals surface area contributed by atoms with Crippen molar-refractivity contribution in [3.8, 4) is 0 Å². The zero-order valence-electron chi connectivity index (χ0n) is 12.7. The normalized spacial score (nSPS) is 22.8. The van der Waals surface area contributed by atoms with Crippen LogP contribution >= 0.6 is 0 Å². The first-order valence-corrected chi connectivity index (χ1v) is 7.91. The van der Waals surface area contributed by atoms with Gasteiger partial charge in [-0.2, -0.15) is 0 Å². The predicted molar refractivity (Wildman–Crippen MR) is 86.0 cm³/mol. The second kappa shape index (κ2) is 6.54. The van der Waals surface area contributed by atoms with Crippen LogP contribution < -0.4 is 0 Å². The van der Waals surface area contributed by atoms with Crippen molar-refractivity contribution in [3.05, 3.63) is 42.1 Å². The first-order valence-electron chi connectivity index (χ1n) is 7.91. The van der Waals surface area contributed by atoms with Gasteiger partial charge in [-0.3, -0.25) is 9.88 Å². The molecule has 0 bridgehead atoms. The van der Waals surface area contributed by atoms with Crippen molar-refractivity contribution in [2.24, 2.45) is 5.92 Å². The number of aliphatic hydroxyl groups excluding tert-OH is 1. The van der Waals surface area contributed by atoms with Crippen molar-refractivity contribution in [1.29, 1.82) is 0 Å². The van der Waals surface area contributed by atoms with Gasteiger partial charge in [0, 0.05) is 30.8 Å². The molecule has 21 heavy (non-hydrogen) atoms. The minimum atomic E-state index is 0.351. The van der Waals surface area contributed by atoms with E-state index in [2.05, 4.69) is 41.2 Å². The lowest BCUT2D eigenvalue weighted by molar-refractivity contribution is 0.124. The summed E-state index contributed by atoms with van der Waals surface area (Å²) in [5, 5.41) is 10.5. The fourth-order valence-electron chi connectivity index (χ4n) is 3.46. The molecule has 1 aromatic carbocycles. The summed E-state index contributed by atoms with van der Waals surface area (Å²) in [5.41, 5.74) is 2.43. The SMILES string of the molecule is CN(Cc1cccc2cccnc12)C1CCC(CO)CC1. The van der Waals surface area contributed by atoms with Crippen molar-refractivity contribution in [1.82, 2.24) is 9.88 Å². The molecule has 0 radical (unpaired) electrons. The molecular formula is C18H24N2O. The van der Waals surface area contributed by atoms with Crippen LogP contribution in [-0.4, -0.2) is 34.7 Å². The zero-order valence-corrected chi connectivity index (χ0v) is 12.7. The van der Waals surface area contributed by atoms with Crippen LogP contribution in [0.25, 0.3) is 10.9 Å². The van der Waals surface area contributed by atoms with E-state index in [4.69, 9.17) is 0 Å². The first-order chi connectivity index (χ1) is 10.3. The third-order valence-corrected chi connectivity index (χ3v) is 4.83. The molecule has 1 heterocycles. The van der Waals surface area contributed by atoms with Crippen LogP contribution in [0.2, 0.25) is 0 Å². The number of aliphatic hydroxyl groups is 1. The molecule has 0 spiro atoms. The standard InChI is InChI=1S/C18H24N2O/c1-20(17-9-7-14(13-21)8-10-17)12-16-5-2-4-15-6-3-11-19-18(15)16/h2-6,11,14,17,21H,7-10,12-13H2,1H3. The van der Waals surface area contributed by atoms with Crippen LogP contribution in [-0.2, 0) is 6.54 Å². The van der Waals surface area contributed by atoms with Crippen molar-refractivity contribution in [2.75, 3.05) is 13.7 Å². The second-order valence-corrected chi connectivity index (χ2v) is 6.26. The van der Waals surface area contributed by atoms with Crippen LogP contribution in [0.1, 0.15) is 31.2 Å². The van der Waals surface area contributed by atoms with Gasteiger partial charge in [-0.05, 0) is 50.3 Å². The Hall–Kier alpha value is -1.45. The summed E-state index contributed by atoms with van der Waals surface area (Å²) in [5.74, 6) is 0.522. The summed E-state index contributed by atoms with van der Waals surface area (Å²) in [4.78, 5) is 7.00. The van der Waals surface area contributed by atoms with Gasteiger partial charge in [0.1, 0.15) is 0 Å². The first kappa shape index (κ1) is 14.5. The Bertz CT molecular complexity index is 585. The summed E-state index contributed by atoms with van der Waals surface area (Å²) < 4.78 is 0. The smallest absolute Gasteiger partial charge is 0.0746 e. The van der Waals surface area contributed by atoms with E-state index >= 15 is 0 Å². The molecular weight excluding hydrogens is 260 g/mol. The molecule has 1 N–H and O–H groups in total. The van der Waals surface area contributed by atoms with Gasteiger partial charge in [-0.15, -0.1) is 0 Å². The monoisotopic (exact) mass is 284 g/mol. The Morgan fingerprint density at radius 2 is 1.90 bits per heavy atom. The van der Waals surface area contributed by atoms with E-state index < -0.39 is 0 Å². The molecule has 1 saturated carbocycles. The van der Waals surface area contributed by atoms with Gasteiger partial charge in [0.2, 0.25) is 0 Å². The summed E-state index contributed by atoms with van der Waals surface area (Å²) in [7, 11) is 2.21. The molecule has 1 aliphatic rings. The lowest BCUT2D eigenvalue weighted by Crippen LogP contribution is -2.35. The number of rotatable bonds is 4. The van der Waals surface area contributed by atoms with Gasteiger partial charge < -0.3 is 5.11 Å². The third kappa shape index (κ3) is 3.25. The topological polar surface area (TPSA) is 36.4 Å². The number of pyridine rings is 1.